The highest BCUT2D eigenvalue weighted by molar-refractivity contribution is 7.10. The summed E-state index contributed by atoms with van der Waals surface area (Å²) in [5, 5.41) is 19.9. The van der Waals surface area contributed by atoms with E-state index in [1.807, 2.05) is 30.3 Å². The van der Waals surface area contributed by atoms with Gasteiger partial charge in [0.25, 0.3) is 0 Å². The molecule has 1 aromatic heterocycles. The number of halogens is 1. The molecule has 0 spiro atoms. The van der Waals surface area contributed by atoms with Crippen LogP contribution in [0.15, 0.2) is 60.0 Å². The zero-order valence-corrected chi connectivity index (χ0v) is 21.3. The molecule has 2 aliphatic rings. The lowest BCUT2D eigenvalue weighted by Gasteiger charge is -2.49. The van der Waals surface area contributed by atoms with E-state index in [1.54, 1.807) is 24.5 Å². The number of carbonyl (C=O) groups excluding carboxylic acids is 1. The molecule has 5 nitrogen and oxygen atoms in total. The summed E-state index contributed by atoms with van der Waals surface area (Å²) >= 11 is 1.64. The van der Waals surface area contributed by atoms with E-state index in [0.29, 0.717) is 17.8 Å². The Morgan fingerprint density at radius 1 is 1.11 bits per heavy atom. The summed E-state index contributed by atoms with van der Waals surface area (Å²) in [5.41, 5.74) is 3.18. The standard InChI is InChI=1S/C29H29FN4OS/c1-29(25-15-22(18-36-25)21-5-3-4-19(14-21)17-31)16-26(32)33(2)28(35)27(29)20-10-12-34(13-11-20)24-8-6-23(30)7-9-24/h3-9,14-15,18,20,27,32H,10-13,16H2,1-2H3/t27-,29+/m0/s1. The Labute approximate surface area is 215 Å². The van der Waals surface area contributed by atoms with Crippen molar-refractivity contribution in [2.24, 2.45) is 11.8 Å². The number of thiophene rings is 1. The van der Waals surface area contributed by atoms with Gasteiger partial charge in [0.2, 0.25) is 5.91 Å². The Hall–Kier alpha value is -3.50. The minimum atomic E-state index is -0.473. The molecular formula is C29H29FN4OS. The van der Waals surface area contributed by atoms with Crippen molar-refractivity contribution in [3.8, 4) is 17.2 Å². The molecule has 2 atom stereocenters. The number of rotatable bonds is 4. The average molecular weight is 501 g/mol. The third kappa shape index (κ3) is 4.31. The van der Waals surface area contributed by atoms with Crippen LogP contribution in [-0.4, -0.2) is 36.8 Å². The Bertz CT molecular complexity index is 1340. The molecule has 0 radical (unpaired) electrons. The molecule has 184 valence electrons. The van der Waals surface area contributed by atoms with E-state index < -0.39 is 5.41 Å². The van der Waals surface area contributed by atoms with E-state index in [1.165, 1.54) is 17.0 Å². The fourth-order valence-electron chi connectivity index (χ4n) is 5.85. The van der Waals surface area contributed by atoms with Crippen LogP contribution in [-0.2, 0) is 10.2 Å². The number of hydrogen-bond donors (Lipinski definition) is 1. The first-order valence-electron chi connectivity index (χ1n) is 12.3. The minimum Gasteiger partial charge on any atom is -0.372 e. The fraction of sp³-hybridized carbons (Fsp3) is 0.345. The maximum atomic E-state index is 13.7. The first-order chi connectivity index (χ1) is 17.3. The zero-order valence-electron chi connectivity index (χ0n) is 20.5. The number of carbonyl (C=O) groups is 1. The van der Waals surface area contributed by atoms with Gasteiger partial charge in [-0.15, -0.1) is 11.3 Å². The molecule has 2 saturated heterocycles. The second kappa shape index (κ2) is 9.51. The van der Waals surface area contributed by atoms with E-state index in [4.69, 9.17) is 5.41 Å². The minimum absolute atomic E-state index is 0.0235. The van der Waals surface area contributed by atoms with Crippen molar-refractivity contribution >= 4 is 28.8 Å². The molecule has 2 fully saturated rings. The molecule has 1 N–H and O–H groups in total. The van der Waals surface area contributed by atoms with Crippen LogP contribution in [0.2, 0.25) is 0 Å². The first kappa shape index (κ1) is 24.2. The average Bonchev–Trinajstić information content (AvgIpc) is 3.40. The molecule has 0 bridgehead atoms. The van der Waals surface area contributed by atoms with Gasteiger partial charge in [0.05, 0.1) is 17.6 Å². The Kier molecular flexibility index (Phi) is 6.40. The number of amides is 1. The molecule has 0 saturated carbocycles. The number of amidine groups is 1. The molecule has 2 aromatic carbocycles. The van der Waals surface area contributed by atoms with Crippen molar-refractivity contribution in [1.82, 2.24) is 4.90 Å². The van der Waals surface area contributed by atoms with Gasteiger partial charge in [-0.25, -0.2) is 4.39 Å². The molecule has 0 unspecified atom stereocenters. The smallest absolute Gasteiger partial charge is 0.231 e. The van der Waals surface area contributed by atoms with E-state index >= 15 is 0 Å². The maximum Gasteiger partial charge on any atom is 0.231 e. The summed E-state index contributed by atoms with van der Waals surface area (Å²) in [6.45, 7) is 3.77. The lowest BCUT2D eigenvalue weighted by atomic mass is 9.62. The molecule has 3 heterocycles. The van der Waals surface area contributed by atoms with E-state index in [2.05, 4.69) is 29.3 Å². The van der Waals surface area contributed by atoms with Gasteiger partial charge in [-0.05, 0) is 77.7 Å². The van der Waals surface area contributed by atoms with Crippen LogP contribution < -0.4 is 4.90 Å². The molecule has 3 aromatic rings. The number of nitriles is 1. The lowest BCUT2D eigenvalue weighted by molar-refractivity contribution is -0.137. The van der Waals surface area contributed by atoms with Gasteiger partial charge >= 0.3 is 0 Å². The first-order valence-corrected chi connectivity index (χ1v) is 13.1. The maximum absolute atomic E-state index is 13.7. The number of nitrogens with one attached hydrogen (secondary N) is 1. The Morgan fingerprint density at radius 2 is 1.83 bits per heavy atom. The van der Waals surface area contributed by atoms with Gasteiger partial charge < -0.3 is 9.80 Å². The molecule has 7 heteroatoms. The number of piperidine rings is 2. The van der Waals surface area contributed by atoms with Crippen molar-refractivity contribution < 1.29 is 9.18 Å². The van der Waals surface area contributed by atoms with Crippen LogP contribution in [0.3, 0.4) is 0 Å². The second-order valence-electron chi connectivity index (χ2n) is 10.1. The zero-order chi connectivity index (χ0) is 25.4. The van der Waals surface area contributed by atoms with Crippen molar-refractivity contribution in [2.45, 2.75) is 31.6 Å². The predicted octanol–water partition coefficient (Wildman–Crippen LogP) is 6.06. The monoisotopic (exact) mass is 500 g/mol. The summed E-state index contributed by atoms with van der Waals surface area (Å²) in [7, 11) is 1.72. The third-order valence-electron chi connectivity index (χ3n) is 7.91. The van der Waals surface area contributed by atoms with Gasteiger partial charge in [0.15, 0.2) is 0 Å². The lowest BCUT2D eigenvalue weighted by Crippen LogP contribution is -2.57. The van der Waals surface area contributed by atoms with Gasteiger partial charge in [-0.1, -0.05) is 19.1 Å². The number of hydrogen-bond acceptors (Lipinski definition) is 5. The van der Waals surface area contributed by atoms with Gasteiger partial charge in [0.1, 0.15) is 11.7 Å². The van der Waals surface area contributed by atoms with Crippen molar-refractivity contribution in [1.29, 1.82) is 10.7 Å². The second-order valence-corrected chi connectivity index (χ2v) is 11.0. The van der Waals surface area contributed by atoms with Crippen molar-refractivity contribution in [2.75, 3.05) is 25.0 Å². The van der Waals surface area contributed by atoms with E-state index in [9.17, 15) is 14.4 Å². The van der Waals surface area contributed by atoms with Crippen molar-refractivity contribution in [3.05, 3.63) is 76.2 Å². The predicted molar refractivity (Wildman–Crippen MR) is 142 cm³/mol. The number of anilines is 1. The highest BCUT2D eigenvalue weighted by Gasteiger charge is 2.51. The normalized spacial score (nSPS) is 23.1. The van der Waals surface area contributed by atoms with Gasteiger partial charge in [-0.3, -0.25) is 10.2 Å². The molecule has 0 aliphatic carbocycles. The summed E-state index contributed by atoms with van der Waals surface area (Å²) in [6, 6.07) is 18.5. The Morgan fingerprint density at radius 3 is 2.53 bits per heavy atom. The van der Waals surface area contributed by atoms with Gasteiger partial charge in [-0.2, -0.15) is 5.26 Å². The number of likely N-dealkylation sites (tertiary alicyclic amines) is 1. The largest absolute Gasteiger partial charge is 0.372 e. The number of nitrogens with zero attached hydrogens (tertiary/aromatic N) is 3. The van der Waals surface area contributed by atoms with Gasteiger partial charge in [0, 0.05) is 42.5 Å². The van der Waals surface area contributed by atoms with Crippen LogP contribution in [0, 0.1) is 34.4 Å². The Balaban J connectivity index is 1.43. The third-order valence-corrected chi connectivity index (χ3v) is 9.12. The molecule has 36 heavy (non-hydrogen) atoms. The molecule has 1 amide bonds. The van der Waals surface area contributed by atoms with Crippen molar-refractivity contribution in [3.63, 3.8) is 0 Å². The quantitative estimate of drug-likeness (QED) is 0.474. The summed E-state index contributed by atoms with van der Waals surface area (Å²) in [4.78, 5) is 18.6. The number of benzene rings is 2. The van der Waals surface area contributed by atoms with Crippen LogP contribution >= 0.6 is 11.3 Å². The van der Waals surface area contributed by atoms with E-state index in [0.717, 1.165) is 47.6 Å². The van der Waals surface area contributed by atoms with Crippen LogP contribution in [0.4, 0.5) is 10.1 Å². The SMILES string of the molecule is CN1C(=N)C[C@](C)(c2cc(-c3cccc(C#N)c3)cs2)[C@@H](C2CCN(c3ccc(F)cc3)CC2)C1=O. The highest BCUT2D eigenvalue weighted by atomic mass is 32.1. The van der Waals surface area contributed by atoms with Crippen LogP contribution in [0.1, 0.15) is 36.6 Å². The topological polar surface area (TPSA) is 71.2 Å². The van der Waals surface area contributed by atoms with Crippen LogP contribution in [0.25, 0.3) is 11.1 Å². The highest BCUT2D eigenvalue weighted by Crippen LogP contribution is 2.49. The van der Waals surface area contributed by atoms with Crippen LogP contribution in [0.5, 0.6) is 0 Å². The molecular weight excluding hydrogens is 471 g/mol. The summed E-state index contributed by atoms with van der Waals surface area (Å²) < 4.78 is 13.4. The summed E-state index contributed by atoms with van der Waals surface area (Å²) in [6.07, 6.45) is 2.25. The molecule has 5 rings (SSSR count). The molecule has 2 aliphatic heterocycles. The fourth-order valence-corrected chi connectivity index (χ4v) is 6.97. The summed E-state index contributed by atoms with van der Waals surface area (Å²) in [5.74, 6) is 0.114. The van der Waals surface area contributed by atoms with E-state index in [-0.39, 0.29) is 23.6 Å².